The van der Waals surface area contributed by atoms with E-state index in [1.165, 1.54) is 4.90 Å². The van der Waals surface area contributed by atoms with Gasteiger partial charge >= 0.3 is 6.09 Å². The number of carbonyl (C=O) groups is 3. The number of nitriles is 1. The maximum Gasteiger partial charge on any atom is 0.408 e. The summed E-state index contributed by atoms with van der Waals surface area (Å²) in [5.41, 5.74) is 1.71. The monoisotopic (exact) mass is 490 g/mol. The van der Waals surface area contributed by atoms with Crippen molar-refractivity contribution in [2.45, 2.75) is 78.5 Å². The molecule has 3 amide bonds. The molecular weight excluding hydrogens is 452 g/mol. The Morgan fingerprint density at radius 1 is 1.21 bits per heavy atom. The SMILES string of the molecule is CCCCCNC(=O)C(c1ccc(C)cc1C)N(CC#N)C(=O)C(CS)NC(=O)OC(C)(C)C. The summed E-state index contributed by atoms with van der Waals surface area (Å²) in [6, 6.07) is 5.47. The van der Waals surface area contributed by atoms with Crippen LogP contribution in [0, 0.1) is 25.2 Å². The third kappa shape index (κ3) is 9.26. The van der Waals surface area contributed by atoms with Crippen molar-refractivity contribution >= 4 is 30.5 Å². The van der Waals surface area contributed by atoms with Gasteiger partial charge in [-0.05, 0) is 52.2 Å². The van der Waals surface area contributed by atoms with Crippen LogP contribution in [-0.2, 0) is 14.3 Å². The minimum Gasteiger partial charge on any atom is -0.444 e. The average Bonchev–Trinajstić information content (AvgIpc) is 2.74. The molecule has 0 aliphatic carbocycles. The predicted molar refractivity (Wildman–Crippen MR) is 136 cm³/mol. The van der Waals surface area contributed by atoms with Gasteiger partial charge in [0, 0.05) is 12.3 Å². The minimum atomic E-state index is -1.08. The Balaban J connectivity index is 3.33. The lowest BCUT2D eigenvalue weighted by molar-refractivity contribution is -0.141. The van der Waals surface area contributed by atoms with Crippen molar-refractivity contribution in [2.24, 2.45) is 0 Å². The molecule has 2 atom stereocenters. The Labute approximate surface area is 208 Å². The number of nitrogens with zero attached hydrogens (tertiary/aromatic N) is 2. The summed E-state index contributed by atoms with van der Waals surface area (Å²) < 4.78 is 5.26. The Morgan fingerprint density at radius 3 is 2.41 bits per heavy atom. The van der Waals surface area contributed by atoms with Crippen molar-refractivity contribution < 1.29 is 19.1 Å². The lowest BCUT2D eigenvalue weighted by atomic mass is 9.96. The third-order valence-corrected chi connectivity index (χ3v) is 5.42. The number of amides is 3. The molecule has 0 saturated carbocycles. The van der Waals surface area contributed by atoms with Crippen LogP contribution >= 0.6 is 12.6 Å². The number of carbonyl (C=O) groups excluding carboxylic acids is 3. The van der Waals surface area contributed by atoms with Gasteiger partial charge in [0.1, 0.15) is 24.2 Å². The van der Waals surface area contributed by atoms with Crippen LogP contribution in [0.4, 0.5) is 4.79 Å². The van der Waals surface area contributed by atoms with Crippen molar-refractivity contribution in [1.82, 2.24) is 15.5 Å². The number of hydrogen-bond acceptors (Lipinski definition) is 6. The first-order chi connectivity index (χ1) is 15.9. The number of nitrogens with one attached hydrogen (secondary N) is 2. The van der Waals surface area contributed by atoms with E-state index in [-0.39, 0.29) is 18.2 Å². The van der Waals surface area contributed by atoms with Gasteiger partial charge in [-0.25, -0.2) is 4.79 Å². The number of rotatable bonds is 11. The molecule has 8 nitrogen and oxygen atoms in total. The van der Waals surface area contributed by atoms with Crippen LogP contribution in [0.25, 0.3) is 0 Å². The summed E-state index contributed by atoms with van der Waals surface area (Å²) in [5, 5.41) is 14.9. The number of thiol groups is 1. The zero-order valence-electron chi connectivity index (χ0n) is 21.1. The summed E-state index contributed by atoms with van der Waals surface area (Å²) in [4.78, 5) is 40.4. The van der Waals surface area contributed by atoms with Crippen LogP contribution in [0.3, 0.4) is 0 Å². The number of ether oxygens (including phenoxy) is 1. The molecule has 9 heteroatoms. The van der Waals surface area contributed by atoms with Gasteiger partial charge in [-0.2, -0.15) is 17.9 Å². The molecule has 2 unspecified atom stereocenters. The molecule has 2 N–H and O–H groups in total. The Kier molecular flexibility index (Phi) is 11.9. The van der Waals surface area contributed by atoms with Gasteiger partial charge in [0.25, 0.3) is 0 Å². The molecule has 0 saturated heterocycles. The number of alkyl carbamates (subject to hydrolysis) is 1. The fraction of sp³-hybridized carbons (Fsp3) is 0.600. The van der Waals surface area contributed by atoms with Crippen molar-refractivity contribution in [3.8, 4) is 6.07 Å². The predicted octanol–water partition coefficient (Wildman–Crippen LogP) is 3.83. The van der Waals surface area contributed by atoms with Crippen LogP contribution in [0.1, 0.15) is 69.7 Å². The van der Waals surface area contributed by atoms with Crippen molar-refractivity contribution in [2.75, 3.05) is 18.8 Å². The highest BCUT2D eigenvalue weighted by Gasteiger charge is 2.36. The molecule has 1 rings (SSSR count). The molecule has 1 aromatic rings. The third-order valence-electron chi connectivity index (χ3n) is 5.06. The summed E-state index contributed by atoms with van der Waals surface area (Å²) in [6.45, 7) is 11.2. The lowest BCUT2D eigenvalue weighted by Gasteiger charge is -2.33. The highest BCUT2D eigenvalue weighted by Crippen LogP contribution is 2.26. The molecule has 0 aromatic heterocycles. The van der Waals surface area contributed by atoms with Gasteiger partial charge < -0.3 is 20.3 Å². The first-order valence-electron chi connectivity index (χ1n) is 11.6. The van der Waals surface area contributed by atoms with Crippen LogP contribution in [0.2, 0.25) is 0 Å². The normalized spacial score (nSPS) is 12.8. The molecule has 0 aliphatic rings. The van der Waals surface area contributed by atoms with E-state index in [0.717, 1.165) is 30.4 Å². The van der Waals surface area contributed by atoms with Crippen LogP contribution in [0.5, 0.6) is 0 Å². The highest BCUT2D eigenvalue weighted by atomic mass is 32.1. The van der Waals surface area contributed by atoms with Crippen molar-refractivity contribution in [3.05, 3.63) is 34.9 Å². The van der Waals surface area contributed by atoms with Crippen LogP contribution < -0.4 is 10.6 Å². The van der Waals surface area contributed by atoms with E-state index < -0.39 is 29.7 Å². The van der Waals surface area contributed by atoms with Crippen molar-refractivity contribution in [1.29, 1.82) is 5.26 Å². The zero-order chi connectivity index (χ0) is 25.9. The van der Waals surface area contributed by atoms with Crippen LogP contribution in [-0.4, -0.2) is 53.3 Å². The molecular formula is C25H38N4O4S. The highest BCUT2D eigenvalue weighted by molar-refractivity contribution is 7.80. The largest absolute Gasteiger partial charge is 0.444 e. The zero-order valence-corrected chi connectivity index (χ0v) is 22.0. The smallest absolute Gasteiger partial charge is 0.408 e. The first-order valence-corrected chi connectivity index (χ1v) is 12.2. The Morgan fingerprint density at radius 2 is 1.88 bits per heavy atom. The van der Waals surface area contributed by atoms with Crippen LogP contribution in [0.15, 0.2) is 18.2 Å². The van der Waals surface area contributed by atoms with Gasteiger partial charge in [-0.1, -0.05) is 43.5 Å². The number of hydrogen-bond donors (Lipinski definition) is 3. The van der Waals surface area contributed by atoms with Gasteiger partial charge in [0.15, 0.2) is 0 Å². The molecule has 0 fully saturated rings. The van der Waals surface area contributed by atoms with Gasteiger partial charge in [-0.15, -0.1) is 0 Å². The average molecular weight is 491 g/mol. The second-order valence-corrected chi connectivity index (χ2v) is 9.63. The second-order valence-electron chi connectivity index (χ2n) is 9.27. The fourth-order valence-corrected chi connectivity index (χ4v) is 3.72. The lowest BCUT2D eigenvalue weighted by Crippen LogP contribution is -2.54. The van der Waals surface area contributed by atoms with Crippen molar-refractivity contribution in [3.63, 3.8) is 0 Å². The second kappa shape index (κ2) is 13.9. The minimum absolute atomic E-state index is 0.0300. The fourth-order valence-electron chi connectivity index (χ4n) is 3.47. The molecule has 0 aliphatic heterocycles. The van der Waals surface area contributed by atoms with E-state index in [2.05, 4.69) is 30.2 Å². The molecule has 0 spiro atoms. The Hall–Kier alpha value is -2.73. The summed E-state index contributed by atoms with van der Waals surface area (Å²) in [5.74, 6) is -0.990. The van der Waals surface area contributed by atoms with Gasteiger partial charge in [-0.3, -0.25) is 9.59 Å². The molecule has 1 aromatic carbocycles. The standard InChI is InChI=1S/C25H38N4O4S/c1-7-8-9-13-27-22(30)21(19-11-10-17(2)15-18(19)3)29(14-12-26)23(31)20(16-34)28-24(32)33-25(4,5)6/h10-11,15,20-21,34H,7-9,13-14,16H2,1-6H3,(H,27,30)(H,28,32). The topological polar surface area (TPSA) is 112 Å². The number of unbranched alkanes of at least 4 members (excludes halogenated alkanes) is 2. The maximum absolute atomic E-state index is 13.5. The first kappa shape index (κ1) is 29.3. The summed E-state index contributed by atoms with van der Waals surface area (Å²) in [7, 11) is 0. The van der Waals surface area contributed by atoms with Gasteiger partial charge in [0.2, 0.25) is 11.8 Å². The molecule has 0 bridgehead atoms. The maximum atomic E-state index is 13.5. The van der Waals surface area contributed by atoms with E-state index in [9.17, 15) is 19.6 Å². The Bertz CT molecular complexity index is 892. The number of aryl methyl sites for hydroxylation is 2. The van der Waals surface area contributed by atoms with E-state index >= 15 is 0 Å². The van der Waals surface area contributed by atoms with E-state index in [0.29, 0.717) is 12.1 Å². The molecule has 0 radical (unpaired) electrons. The van der Waals surface area contributed by atoms with E-state index in [1.54, 1.807) is 26.8 Å². The van der Waals surface area contributed by atoms with Gasteiger partial charge in [0.05, 0.1) is 6.07 Å². The quantitative estimate of drug-likeness (QED) is 0.248. The number of benzene rings is 1. The summed E-state index contributed by atoms with van der Waals surface area (Å²) in [6.07, 6.45) is 2.02. The summed E-state index contributed by atoms with van der Waals surface area (Å²) >= 11 is 4.22. The molecule has 188 valence electrons. The van der Waals surface area contributed by atoms with E-state index in [4.69, 9.17) is 4.74 Å². The molecule has 34 heavy (non-hydrogen) atoms. The molecule has 0 heterocycles. The van der Waals surface area contributed by atoms with E-state index in [1.807, 2.05) is 32.0 Å².